The molecule has 0 saturated heterocycles. The van der Waals surface area contributed by atoms with Gasteiger partial charge in [-0.2, -0.15) is 0 Å². The molecule has 0 saturated carbocycles. The molecule has 0 radical (unpaired) electrons. The minimum atomic E-state index is -2.37. The Kier molecular flexibility index (Phi) is 7.43. The first-order valence-electron chi connectivity index (χ1n) is 4.35. The molecule has 2 N–H and O–H groups in total. The summed E-state index contributed by atoms with van der Waals surface area (Å²) in [4.78, 5) is 0. The van der Waals surface area contributed by atoms with Crippen molar-refractivity contribution >= 4 is 8.80 Å². The molecule has 0 aromatic carbocycles. The third-order valence-corrected chi connectivity index (χ3v) is 4.52. The van der Waals surface area contributed by atoms with Crippen LogP contribution in [0, 0.1) is 0 Å². The minimum absolute atomic E-state index is 0.753. The van der Waals surface area contributed by atoms with Gasteiger partial charge in [-0.15, -0.1) is 0 Å². The molecule has 0 aliphatic heterocycles. The van der Waals surface area contributed by atoms with Gasteiger partial charge in [0.25, 0.3) is 0 Å². The molecule has 0 aromatic rings. The van der Waals surface area contributed by atoms with Crippen LogP contribution in [0.15, 0.2) is 0 Å². The molecule has 0 aliphatic rings. The summed E-state index contributed by atoms with van der Waals surface area (Å²) in [6, 6.07) is 0.753. The molecule has 0 unspecified atom stereocenters. The highest BCUT2D eigenvalue weighted by Gasteiger charge is 2.36. The number of hydrogen-bond acceptors (Lipinski definition) is 5. The van der Waals surface area contributed by atoms with Crippen LogP contribution in [-0.4, -0.2) is 43.2 Å². The molecule has 6 heteroatoms. The third kappa shape index (κ3) is 4.70. The molecular weight excluding hydrogens is 188 g/mol. The van der Waals surface area contributed by atoms with Crippen molar-refractivity contribution in [3.63, 3.8) is 0 Å². The first kappa shape index (κ1) is 13.0. The molecule has 0 fully saturated rings. The topological polar surface area (TPSA) is 51.8 Å². The van der Waals surface area contributed by atoms with E-state index in [2.05, 4.69) is 10.9 Å². The molecule has 5 nitrogen and oxygen atoms in total. The Labute approximate surface area is 81.1 Å². The van der Waals surface area contributed by atoms with Crippen LogP contribution in [0.25, 0.3) is 0 Å². The maximum Gasteiger partial charge on any atom is 0.501 e. The normalized spacial score (nSPS) is 12.0. The standard InChI is InChI=1S/C7H20N2O3Si/c1-5-8-9-6-7-13(10-2,11-3)12-4/h8-9H,5-7H2,1-4H3. The number of rotatable bonds is 8. The molecular formula is C7H20N2O3Si. The van der Waals surface area contributed by atoms with Gasteiger partial charge in [-0.05, 0) is 0 Å². The van der Waals surface area contributed by atoms with E-state index in [1.807, 2.05) is 6.92 Å². The lowest BCUT2D eigenvalue weighted by atomic mass is 10.8. The van der Waals surface area contributed by atoms with Crippen molar-refractivity contribution in [3.8, 4) is 0 Å². The molecule has 0 aromatic heterocycles. The molecule has 0 aliphatic carbocycles. The predicted octanol–water partition coefficient (Wildman–Crippen LogP) is -0.0214. The van der Waals surface area contributed by atoms with E-state index in [0.717, 1.165) is 19.1 Å². The maximum absolute atomic E-state index is 5.24. The van der Waals surface area contributed by atoms with Gasteiger partial charge in [-0.1, -0.05) is 6.92 Å². The smallest absolute Gasteiger partial charge is 0.377 e. The number of hydrogen-bond donors (Lipinski definition) is 2. The van der Waals surface area contributed by atoms with Crippen LogP contribution in [0.2, 0.25) is 6.04 Å². The molecule has 0 atom stereocenters. The Balaban J connectivity index is 3.68. The second-order valence-electron chi connectivity index (χ2n) is 2.50. The molecule has 0 bridgehead atoms. The molecule has 0 spiro atoms. The van der Waals surface area contributed by atoms with Crippen molar-refractivity contribution in [2.24, 2.45) is 0 Å². The summed E-state index contributed by atoms with van der Waals surface area (Å²) in [7, 11) is 2.48. The van der Waals surface area contributed by atoms with Crippen molar-refractivity contribution in [3.05, 3.63) is 0 Å². The zero-order valence-corrected chi connectivity index (χ0v) is 9.85. The van der Waals surface area contributed by atoms with Crippen LogP contribution in [0.5, 0.6) is 0 Å². The van der Waals surface area contributed by atoms with Gasteiger partial charge < -0.3 is 13.3 Å². The summed E-state index contributed by atoms with van der Waals surface area (Å²) in [5.74, 6) is 0. The fourth-order valence-corrected chi connectivity index (χ4v) is 2.53. The van der Waals surface area contributed by atoms with Crippen molar-refractivity contribution in [2.45, 2.75) is 13.0 Å². The van der Waals surface area contributed by atoms with Gasteiger partial charge in [-0.25, -0.2) is 0 Å². The lowest BCUT2D eigenvalue weighted by molar-refractivity contribution is 0.123. The Morgan fingerprint density at radius 3 is 1.92 bits per heavy atom. The van der Waals surface area contributed by atoms with Crippen molar-refractivity contribution in [1.82, 2.24) is 10.9 Å². The van der Waals surface area contributed by atoms with Gasteiger partial charge in [-0.3, -0.25) is 10.9 Å². The van der Waals surface area contributed by atoms with Crippen LogP contribution >= 0.6 is 0 Å². The average molecular weight is 208 g/mol. The zero-order chi connectivity index (χ0) is 10.2. The van der Waals surface area contributed by atoms with Crippen molar-refractivity contribution in [1.29, 1.82) is 0 Å². The largest absolute Gasteiger partial charge is 0.501 e. The number of hydrazine groups is 1. The molecule has 0 amide bonds. The lowest BCUT2D eigenvalue weighted by Gasteiger charge is -2.24. The zero-order valence-electron chi connectivity index (χ0n) is 8.85. The SMILES string of the molecule is CCNNCC[Si](OC)(OC)OC. The van der Waals surface area contributed by atoms with E-state index in [1.165, 1.54) is 0 Å². The van der Waals surface area contributed by atoms with Gasteiger partial charge in [0.1, 0.15) is 0 Å². The van der Waals surface area contributed by atoms with E-state index in [0.29, 0.717) is 0 Å². The first-order chi connectivity index (χ1) is 6.24. The van der Waals surface area contributed by atoms with Crippen molar-refractivity contribution < 1.29 is 13.3 Å². The monoisotopic (exact) mass is 208 g/mol. The first-order valence-corrected chi connectivity index (χ1v) is 6.29. The fourth-order valence-electron chi connectivity index (χ4n) is 0.985. The van der Waals surface area contributed by atoms with E-state index in [4.69, 9.17) is 13.3 Å². The second kappa shape index (κ2) is 7.42. The van der Waals surface area contributed by atoms with E-state index in [9.17, 15) is 0 Å². The van der Waals surface area contributed by atoms with Crippen molar-refractivity contribution in [2.75, 3.05) is 34.4 Å². The summed E-state index contributed by atoms with van der Waals surface area (Å²) in [5, 5.41) is 0. The van der Waals surface area contributed by atoms with Gasteiger partial charge in [0, 0.05) is 40.5 Å². The van der Waals surface area contributed by atoms with Crippen LogP contribution in [0.3, 0.4) is 0 Å². The van der Waals surface area contributed by atoms with E-state index < -0.39 is 8.80 Å². The van der Waals surface area contributed by atoms with Crippen LogP contribution in [-0.2, 0) is 13.3 Å². The summed E-state index contributed by atoms with van der Waals surface area (Å²) < 4.78 is 15.7. The molecule has 13 heavy (non-hydrogen) atoms. The predicted molar refractivity (Wildman–Crippen MR) is 53.3 cm³/mol. The average Bonchev–Trinajstić information content (AvgIpc) is 2.20. The Morgan fingerprint density at radius 1 is 1.00 bits per heavy atom. The van der Waals surface area contributed by atoms with Crippen LogP contribution < -0.4 is 10.9 Å². The fraction of sp³-hybridized carbons (Fsp3) is 1.00. The molecule has 0 heterocycles. The Hall–Kier alpha value is 0.0169. The Bertz CT molecular complexity index is 114. The van der Waals surface area contributed by atoms with Crippen LogP contribution in [0.4, 0.5) is 0 Å². The van der Waals surface area contributed by atoms with Gasteiger partial charge in [0.05, 0.1) is 0 Å². The minimum Gasteiger partial charge on any atom is -0.377 e. The Morgan fingerprint density at radius 2 is 1.54 bits per heavy atom. The number of nitrogens with one attached hydrogen (secondary N) is 2. The van der Waals surface area contributed by atoms with E-state index >= 15 is 0 Å². The van der Waals surface area contributed by atoms with E-state index in [1.54, 1.807) is 21.3 Å². The van der Waals surface area contributed by atoms with E-state index in [-0.39, 0.29) is 0 Å². The quantitative estimate of drug-likeness (QED) is 0.333. The highest BCUT2D eigenvalue weighted by molar-refractivity contribution is 6.60. The second-order valence-corrected chi connectivity index (χ2v) is 5.59. The molecule has 0 rings (SSSR count). The van der Waals surface area contributed by atoms with Gasteiger partial charge >= 0.3 is 8.80 Å². The van der Waals surface area contributed by atoms with Crippen LogP contribution in [0.1, 0.15) is 6.92 Å². The summed E-state index contributed by atoms with van der Waals surface area (Å²) in [6.45, 7) is 3.69. The maximum atomic E-state index is 5.24. The summed E-state index contributed by atoms with van der Waals surface area (Å²) in [5.41, 5.74) is 6.04. The summed E-state index contributed by atoms with van der Waals surface area (Å²) in [6.07, 6.45) is 0. The van der Waals surface area contributed by atoms with Gasteiger partial charge in [0.15, 0.2) is 0 Å². The summed E-state index contributed by atoms with van der Waals surface area (Å²) >= 11 is 0. The third-order valence-electron chi connectivity index (χ3n) is 1.79. The lowest BCUT2D eigenvalue weighted by Crippen LogP contribution is -2.46. The molecule has 80 valence electrons. The highest BCUT2D eigenvalue weighted by Crippen LogP contribution is 2.10. The highest BCUT2D eigenvalue weighted by atomic mass is 28.4. The van der Waals surface area contributed by atoms with Gasteiger partial charge in [0.2, 0.25) is 0 Å².